The lowest BCUT2D eigenvalue weighted by atomic mass is 10.0. The molecule has 0 aliphatic carbocycles. The summed E-state index contributed by atoms with van der Waals surface area (Å²) in [4.78, 5) is 40.5. The molecule has 0 saturated carbocycles. The Kier molecular flexibility index (Phi) is 7.01. The Balaban J connectivity index is 1.60. The highest BCUT2D eigenvalue weighted by Gasteiger charge is 2.35. The first-order valence-corrected chi connectivity index (χ1v) is 12.9. The molecule has 0 bridgehead atoms. The largest absolute Gasteiger partial charge is 0.417 e. The first-order chi connectivity index (χ1) is 19.0. The minimum atomic E-state index is -4.64. The van der Waals surface area contributed by atoms with Gasteiger partial charge < -0.3 is 10.2 Å². The van der Waals surface area contributed by atoms with Gasteiger partial charge in [0.05, 0.1) is 29.7 Å². The van der Waals surface area contributed by atoms with E-state index in [1.54, 1.807) is 35.0 Å². The van der Waals surface area contributed by atoms with Gasteiger partial charge in [0.2, 0.25) is 0 Å². The van der Waals surface area contributed by atoms with Crippen LogP contribution >= 0.6 is 15.9 Å². The summed E-state index contributed by atoms with van der Waals surface area (Å²) in [6.45, 7) is 0.0863. The number of nitrogens with zero attached hydrogens (tertiary/aromatic N) is 4. The SMILES string of the molecule is C#CCc1cnn2c3c(c(=O)n(-c4ccc(C(=O)NC)cc4)c12)CCN(C(=O)c1ccc(Br)c(C(F)(F)F)c1)C3. The molecule has 1 aliphatic heterocycles. The Morgan fingerprint density at radius 1 is 1.15 bits per heavy atom. The third-order valence-corrected chi connectivity index (χ3v) is 7.47. The van der Waals surface area contributed by atoms with Gasteiger partial charge in [-0.25, -0.2) is 4.52 Å². The highest BCUT2D eigenvalue weighted by Crippen LogP contribution is 2.36. The van der Waals surface area contributed by atoms with E-state index < -0.39 is 17.6 Å². The fourth-order valence-corrected chi connectivity index (χ4v) is 5.30. The molecule has 1 N–H and O–H groups in total. The van der Waals surface area contributed by atoms with E-state index in [0.717, 1.165) is 6.07 Å². The fraction of sp³-hybridized carbons (Fsp3) is 0.214. The van der Waals surface area contributed by atoms with Crippen molar-refractivity contribution in [3.63, 3.8) is 0 Å². The first kappa shape index (κ1) is 27.2. The van der Waals surface area contributed by atoms with Gasteiger partial charge in [-0.05, 0) is 48.9 Å². The molecule has 12 heteroatoms. The summed E-state index contributed by atoms with van der Waals surface area (Å²) < 4.78 is 43.2. The minimum Gasteiger partial charge on any atom is -0.355 e. The lowest BCUT2D eigenvalue weighted by molar-refractivity contribution is -0.138. The minimum absolute atomic E-state index is 0.0368. The fourth-order valence-electron chi connectivity index (χ4n) is 4.83. The summed E-state index contributed by atoms with van der Waals surface area (Å²) in [6, 6.07) is 9.83. The zero-order valence-electron chi connectivity index (χ0n) is 21.1. The molecular weight excluding hydrogens is 591 g/mol. The topological polar surface area (TPSA) is 88.7 Å². The van der Waals surface area contributed by atoms with Crippen molar-refractivity contribution in [2.45, 2.75) is 25.6 Å². The van der Waals surface area contributed by atoms with Crippen LogP contribution < -0.4 is 10.9 Å². The lowest BCUT2D eigenvalue weighted by Crippen LogP contribution is -2.41. The quantitative estimate of drug-likeness (QED) is 0.353. The van der Waals surface area contributed by atoms with Gasteiger partial charge in [-0.3, -0.25) is 19.0 Å². The molecular formula is C28H21BrF3N5O3. The number of hydrogen-bond acceptors (Lipinski definition) is 4. The Morgan fingerprint density at radius 3 is 2.50 bits per heavy atom. The molecule has 0 spiro atoms. The number of fused-ring (bicyclic) bond motifs is 3. The predicted molar refractivity (Wildman–Crippen MR) is 144 cm³/mol. The van der Waals surface area contributed by atoms with Crippen LogP contribution in [0.15, 0.2) is 57.9 Å². The van der Waals surface area contributed by atoms with E-state index in [0.29, 0.717) is 33.7 Å². The Bertz CT molecular complexity index is 1770. The maximum atomic E-state index is 13.9. The summed E-state index contributed by atoms with van der Waals surface area (Å²) in [7, 11) is 1.52. The lowest BCUT2D eigenvalue weighted by Gasteiger charge is -2.30. The Hall–Kier alpha value is -4.37. The maximum absolute atomic E-state index is 13.9. The molecule has 2 amide bonds. The number of nitrogens with one attached hydrogen (secondary N) is 1. The third kappa shape index (κ3) is 4.66. The van der Waals surface area contributed by atoms with Gasteiger partial charge in [-0.2, -0.15) is 18.3 Å². The smallest absolute Gasteiger partial charge is 0.355 e. The normalized spacial score (nSPS) is 13.2. The molecule has 0 saturated heterocycles. The molecule has 204 valence electrons. The van der Waals surface area contributed by atoms with Crippen LogP contribution in [0.25, 0.3) is 11.3 Å². The van der Waals surface area contributed by atoms with Crippen molar-refractivity contribution >= 4 is 33.4 Å². The number of hydrogen-bond donors (Lipinski definition) is 1. The Labute approximate surface area is 234 Å². The zero-order chi connectivity index (χ0) is 28.8. The summed E-state index contributed by atoms with van der Waals surface area (Å²) >= 11 is 2.90. The molecule has 3 heterocycles. The number of carbonyl (C=O) groups excluding carboxylic acids is 2. The molecule has 0 radical (unpaired) electrons. The van der Waals surface area contributed by atoms with Gasteiger partial charge >= 0.3 is 6.18 Å². The van der Waals surface area contributed by atoms with E-state index in [2.05, 4.69) is 32.3 Å². The number of benzene rings is 2. The van der Waals surface area contributed by atoms with Gasteiger partial charge in [-0.15, -0.1) is 12.3 Å². The molecule has 0 fully saturated rings. The Morgan fingerprint density at radius 2 is 1.85 bits per heavy atom. The van der Waals surface area contributed by atoms with Crippen molar-refractivity contribution < 1.29 is 22.8 Å². The molecule has 0 atom stereocenters. The highest BCUT2D eigenvalue weighted by atomic mass is 79.9. The van der Waals surface area contributed by atoms with Crippen LogP contribution in [0.1, 0.15) is 43.1 Å². The van der Waals surface area contributed by atoms with Crippen LogP contribution in [0.2, 0.25) is 0 Å². The molecule has 2 aromatic heterocycles. The van der Waals surface area contributed by atoms with Gasteiger partial charge in [0.15, 0.2) is 0 Å². The van der Waals surface area contributed by atoms with Gasteiger partial charge in [0.25, 0.3) is 17.4 Å². The monoisotopic (exact) mass is 611 g/mol. The van der Waals surface area contributed by atoms with Crippen molar-refractivity contribution in [2.75, 3.05) is 13.6 Å². The standard InChI is InChI=1S/C28H21BrF3N5O3/c1-3-4-18-14-34-37-23-15-35(26(39)17-7-10-22(29)21(13-17)28(30,31)32)12-11-20(23)27(40)36(25(18)37)19-8-5-16(6-9-19)24(38)33-2/h1,5-10,13-14H,4,11-12,15H2,2H3,(H,33,38). The van der Waals surface area contributed by atoms with E-state index in [1.807, 2.05) is 0 Å². The molecule has 0 unspecified atom stereocenters. The third-order valence-electron chi connectivity index (χ3n) is 6.78. The zero-order valence-corrected chi connectivity index (χ0v) is 22.6. The predicted octanol–water partition coefficient (Wildman–Crippen LogP) is 4.00. The van der Waals surface area contributed by atoms with E-state index in [1.165, 1.54) is 28.6 Å². The van der Waals surface area contributed by atoms with Gasteiger partial charge in [0.1, 0.15) is 5.65 Å². The first-order valence-electron chi connectivity index (χ1n) is 12.1. The second-order valence-electron chi connectivity index (χ2n) is 9.15. The summed E-state index contributed by atoms with van der Waals surface area (Å²) in [5, 5.41) is 7.01. The van der Waals surface area contributed by atoms with Crippen molar-refractivity contribution in [3.05, 3.63) is 97.0 Å². The molecule has 2 aromatic carbocycles. The molecule has 1 aliphatic rings. The van der Waals surface area contributed by atoms with Crippen molar-refractivity contribution in [3.8, 4) is 18.0 Å². The van der Waals surface area contributed by atoms with E-state index in [4.69, 9.17) is 6.42 Å². The second-order valence-corrected chi connectivity index (χ2v) is 10.0. The number of carbonyl (C=O) groups is 2. The number of rotatable bonds is 4. The van der Waals surface area contributed by atoms with Crippen LogP contribution in [0, 0.1) is 12.3 Å². The average Bonchev–Trinajstić information content (AvgIpc) is 3.35. The highest BCUT2D eigenvalue weighted by molar-refractivity contribution is 9.10. The van der Waals surface area contributed by atoms with Crippen LogP contribution in [0.3, 0.4) is 0 Å². The van der Waals surface area contributed by atoms with Crippen LogP contribution in [-0.4, -0.2) is 44.5 Å². The average molecular weight is 612 g/mol. The van der Waals surface area contributed by atoms with Crippen molar-refractivity contribution in [1.82, 2.24) is 24.4 Å². The van der Waals surface area contributed by atoms with Crippen LogP contribution in [0.4, 0.5) is 13.2 Å². The number of alkyl halides is 3. The number of amides is 2. The second kappa shape index (κ2) is 10.3. The van der Waals surface area contributed by atoms with Gasteiger partial charge in [-0.1, -0.05) is 15.9 Å². The van der Waals surface area contributed by atoms with Crippen LogP contribution in [-0.2, 0) is 25.6 Å². The molecule has 40 heavy (non-hydrogen) atoms. The van der Waals surface area contributed by atoms with Crippen LogP contribution in [0.5, 0.6) is 0 Å². The molecule has 5 rings (SSSR count). The number of aromatic nitrogens is 3. The van der Waals surface area contributed by atoms with E-state index in [9.17, 15) is 27.6 Å². The van der Waals surface area contributed by atoms with Gasteiger partial charge in [0, 0.05) is 46.7 Å². The maximum Gasteiger partial charge on any atom is 0.417 e. The summed E-state index contributed by atoms with van der Waals surface area (Å²) in [5.74, 6) is 1.69. The number of terminal acetylenes is 1. The van der Waals surface area contributed by atoms with Crippen molar-refractivity contribution in [1.29, 1.82) is 0 Å². The summed E-state index contributed by atoms with van der Waals surface area (Å²) in [5.41, 5.74) is 1.41. The van der Waals surface area contributed by atoms with E-state index in [-0.39, 0.29) is 47.4 Å². The number of halogens is 4. The summed E-state index contributed by atoms with van der Waals surface area (Å²) in [6.07, 6.45) is 2.83. The van der Waals surface area contributed by atoms with Crippen molar-refractivity contribution in [2.24, 2.45) is 0 Å². The molecule has 4 aromatic rings. The molecule has 8 nitrogen and oxygen atoms in total. The van der Waals surface area contributed by atoms with E-state index >= 15 is 0 Å².